The van der Waals surface area contributed by atoms with E-state index in [9.17, 15) is 35.4 Å². The van der Waals surface area contributed by atoms with Crippen LogP contribution in [-0.4, -0.2) is 74.7 Å². The van der Waals surface area contributed by atoms with Crippen molar-refractivity contribution in [3.05, 3.63) is 47.1 Å². The van der Waals surface area contributed by atoms with Crippen molar-refractivity contribution in [1.82, 2.24) is 0 Å². The van der Waals surface area contributed by atoms with E-state index in [2.05, 4.69) is 0 Å². The van der Waals surface area contributed by atoms with E-state index < -0.39 is 54.6 Å². The van der Waals surface area contributed by atoms with Crippen molar-refractivity contribution in [1.29, 1.82) is 0 Å². The van der Waals surface area contributed by atoms with Gasteiger partial charge in [-0.25, -0.2) is 4.79 Å². The number of rotatable bonds is 7. The lowest BCUT2D eigenvalue weighted by molar-refractivity contribution is -0.232. The van der Waals surface area contributed by atoms with Crippen molar-refractivity contribution in [2.75, 3.05) is 13.7 Å². The molecule has 166 valence electrons. The number of ether oxygens (including phenoxy) is 2. The zero-order valence-electron chi connectivity index (χ0n) is 16.8. The second-order valence-electron chi connectivity index (χ2n) is 6.93. The van der Waals surface area contributed by atoms with Gasteiger partial charge in [0, 0.05) is 0 Å². The van der Waals surface area contributed by atoms with Gasteiger partial charge in [0.15, 0.2) is 0 Å². The van der Waals surface area contributed by atoms with E-state index in [-0.39, 0.29) is 11.1 Å². The number of benzene rings is 1. The van der Waals surface area contributed by atoms with Crippen LogP contribution >= 0.6 is 0 Å². The molecule has 2 rings (SSSR count). The predicted molar refractivity (Wildman–Crippen MR) is 106 cm³/mol. The molecule has 6 N–H and O–H groups in total. The van der Waals surface area contributed by atoms with E-state index in [1.807, 2.05) is 31.2 Å². The van der Waals surface area contributed by atoms with Crippen LogP contribution in [0.15, 0.2) is 30.4 Å². The Bertz CT molecular complexity index is 800. The van der Waals surface area contributed by atoms with Crippen LogP contribution in [0.3, 0.4) is 0 Å². The molecule has 1 aromatic carbocycles. The Morgan fingerprint density at radius 1 is 1.17 bits per heavy atom. The van der Waals surface area contributed by atoms with Crippen LogP contribution in [-0.2, 0) is 15.9 Å². The van der Waals surface area contributed by atoms with Gasteiger partial charge in [-0.15, -0.1) is 0 Å². The van der Waals surface area contributed by atoms with Gasteiger partial charge in [-0.3, -0.25) is 0 Å². The lowest BCUT2D eigenvalue weighted by Gasteiger charge is -2.40. The molecule has 0 aliphatic carbocycles. The molecule has 1 fully saturated rings. The average molecular weight is 424 g/mol. The molecular formula is C21H28O9. The summed E-state index contributed by atoms with van der Waals surface area (Å²) in [7, 11) is 1.14. The van der Waals surface area contributed by atoms with Gasteiger partial charge in [0.2, 0.25) is 0 Å². The fourth-order valence-corrected chi connectivity index (χ4v) is 3.40. The number of esters is 1. The Labute approximate surface area is 174 Å². The van der Waals surface area contributed by atoms with Crippen molar-refractivity contribution in [2.24, 2.45) is 0 Å². The highest BCUT2D eigenvalue weighted by Crippen LogP contribution is 2.44. The van der Waals surface area contributed by atoms with Gasteiger partial charge in [0.25, 0.3) is 0 Å². The maximum absolute atomic E-state index is 12.3. The summed E-state index contributed by atoms with van der Waals surface area (Å²) >= 11 is 0. The molecule has 1 aliphatic rings. The number of aryl methyl sites for hydroxylation is 1. The number of aromatic hydroxyl groups is 2. The summed E-state index contributed by atoms with van der Waals surface area (Å²) in [6.45, 7) is 1.19. The third-order valence-electron chi connectivity index (χ3n) is 4.99. The monoisotopic (exact) mass is 424 g/mol. The topological polar surface area (TPSA) is 157 Å². The third kappa shape index (κ3) is 4.82. The highest BCUT2D eigenvalue weighted by Gasteiger charge is 2.46. The van der Waals surface area contributed by atoms with Gasteiger partial charge in [0.05, 0.1) is 19.3 Å². The van der Waals surface area contributed by atoms with Gasteiger partial charge < -0.3 is 40.1 Å². The largest absolute Gasteiger partial charge is 0.507 e. The molecule has 9 heteroatoms. The maximum atomic E-state index is 12.3. The number of aliphatic hydroxyl groups excluding tert-OH is 4. The van der Waals surface area contributed by atoms with Crippen LogP contribution in [0, 0.1) is 0 Å². The van der Waals surface area contributed by atoms with Gasteiger partial charge in [-0.1, -0.05) is 24.3 Å². The van der Waals surface area contributed by atoms with Crippen molar-refractivity contribution in [2.45, 2.75) is 50.3 Å². The highest BCUT2D eigenvalue weighted by atomic mass is 16.5. The minimum atomic E-state index is -1.74. The molecule has 30 heavy (non-hydrogen) atoms. The van der Waals surface area contributed by atoms with Gasteiger partial charge in [0.1, 0.15) is 47.6 Å². The molecule has 1 heterocycles. The summed E-state index contributed by atoms with van der Waals surface area (Å²) in [4.78, 5) is 12.3. The van der Waals surface area contributed by atoms with Crippen LogP contribution in [0.5, 0.6) is 11.5 Å². The molecule has 5 unspecified atom stereocenters. The molecule has 1 aliphatic heterocycles. The minimum absolute atomic E-state index is 0.207. The summed E-state index contributed by atoms with van der Waals surface area (Å²) < 4.78 is 10.2. The Balaban J connectivity index is 2.49. The van der Waals surface area contributed by atoms with E-state index >= 15 is 0 Å². The third-order valence-corrected chi connectivity index (χ3v) is 4.99. The number of phenolic OH excluding ortho intramolecular Hbond substituents is 2. The first kappa shape index (κ1) is 23.8. The summed E-state index contributed by atoms with van der Waals surface area (Å²) in [5, 5.41) is 61.0. The van der Waals surface area contributed by atoms with Crippen LogP contribution in [0.25, 0.3) is 0 Å². The van der Waals surface area contributed by atoms with E-state index in [1.165, 1.54) is 6.07 Å². The molecule has 0 aromatic heterocycles. The van der Waals surface area contributed by atoms with E-state index in [1.54, 1.807) is 0 Å². The number of carbonyl (C=O) groups excluding carboxylic acids is 1. The van der Waals surface area contributed by atoms with Crippen LogP contribution in [0.4, 0.5) is 0 Å². The smallest absolute Gasteiger partial charge is 0.341 e. The number of allylic oxidation sites excluding steroid dienone is 4. The Morgan fingerprint density at radius 2 is 1.87 bits per heavy atom. The normalized spacial score (nSPS) is 27.1. The Hall–Kier alpha value is -2.43. The van der Waals surface area contributed by atoms with Crippen molar-refractivity contribution in [3.8, 4) is 11.5 Å². The average Bonchev–Trinajstić information content (AvgIpc) is 2.72. The highest BCUT2D eigenvalue weighted by molar-refractivity contribution is 5.95. The summed E-state index contributed by atoms with van der Waals surface area (Å²) in [5.41, 5.74) is -0.238. The van der Waals surface area contributed by atoms with Gasteiger partial charge in [-0.05, 0) is 31.4 Å². The van der Waals surface area contributed by atoms with E-state index in [0.29, 0.717) is 18.4 Å². The summed E-state index contributed by atoms with van der Waals surface area (Å²) in [6, 6.07) is 1.26. The summed E-state index contributed by atoms with van der Waals surface area (Å²) in [5.74, 6) is -2.00. The molecule has 0 saturated carbocycles. The first-order chi connectivity index (χ1) is 14.3. The van der Waals surface area contributed by atoms with Crippen LogP contribution in [0.1, 0.15) is 40.9 Å². The van der Waals surface area contributed by atoms with Crippen molar-refractivity contribution < 1.29 is 44.9 Å². The zero-order valence-corrected chi connectivity index (χ0v) is 16.8. The standard InChI is InChI=1S/C21H28O9/c1-3-4-5-6-7-8-11-9-12(23)15(17(25)14(11)21(28)29-2)20-19(27)18(26)16(24)13(10-22)30-20/h3-6,9,13,16,18-20,22-27H,7-8,10H2,1-2H3. The van der Waals surface area contributed by atoms with E-state index in [0.717, 1.165) is 7.11 Å². The molecule has 1 aromatic rings. The SMILES string of the molecule is CC=CC=CCCc1cc(O)c(C2OC(CO)C(O)C(O)C2O)c(O)c1C(=O)OC. The summed E-state index contributed by atoms with van der Waals surface area (Å²) in [6.07, 6.45) is 0.354. The van der Waals surface area contributed by atoms with Crippen LogP contribution in [0.2, 0.25) is 0 Å². The number of carbonyl (C=O) groups is 1. The van der Waals surface area contributed by atoms with Crippen LogP contribution < -0.4 is 0 Å². The second-order valence-corrected chi connectivity index (χ2v) is 6.93. The molecular weight excluding hydrogens is 396 g/mol. The van der Waals surface area contributed by atoms with E-state index in [4.69, 9.17) is 9.47 Å². The zero-order chi connectivity index (χ0) is 22.4. The molecule has 9 nitrogen and oxygen atoms in total. The quantitative estimate of drug-likeness (QED) is 0.270. The first-order valence-electron chi connectivity index (χ1n) is 9.52. The Kier molecular flexibility index (Phi) is 8.39. The van der Waals surface area contributed by atoms with Crippen molar-refractivity contribution >= 4 is 5.97 Å². The molecule has 1 saturated heterocycles. The number of phenols is 2. The molecule has 0 bridgehead atoms. The van der Waals surface area contributed by atoms with Gasteiger partial charge >= 0.3 is 5.97 Å². The lowest BCUT2D eigenvalue weighted by atomic mass is 9.87. The second kappa shape index (κ2) is 10.6. The predicted octanol–water partition coefficient (Wildman–Crippen LogP) is 0.464. The molecule has 0 radical (unpaired) electrons. The number of methoxy groups -OCH3 is 1. The maximum Gasteiger partial charge on any atom is 0.341 e. The molecule has 0 spiro atoms. The molecule has 5 atom stereocenters. The Morgan fingerprint density at radius 3 is 2.47 bits per heavy atom. The lowest BCUT2D eigenvalue weighted by Crippen LogP contribution is -2.55. The first-order valence-corrected chi connectivity index (χ1v) is 9.52. The number of hydrogen-bond acceptors (Lipinski definition) is 9. The fourth-order valence-electron chi connectivity index (χ4n) is 3.40. The minimum Gasteiger partial charge on any atom is -0.507 e. The number of hydrogen-bond donors (Lipinski definition) is 6. The molecule has 0 amide bonds. The fraction of sp³-hybridized carbons (Fsp3) is 0.476. The van der Waals surface area contributed by atoms with Gasteiger partial charge in [-0.2, -0.15) is 0 Å². The number of aliphatic hydroxyl groups is 4. The van der Waals surface area contributed by atoms with Crippen molar-refractivity contribution in [3.63, 3.8) is 0 Å².